The van der Waals surface area contributed by atoms with E-state index in [-0.39, 0.29) is 11.9 Å². The molecule has 0 saturated heterocycles. The molecule has 1 atom stereocenters. The van der Waals surface area contributed by atoms with Crippen LogP contribution in [-0.4, -0.2) is 59.1 Å². The van der Waals surface area contributed by atoms with Crippen LogP contribution < -0.4 is 5.32 Å². The number of fused-ring (bicyclic) bond motifs is 1. The largest absolute Gasteiger partial charge is 0.468 e. The number of imidazole rings is 1. The summed E-state index contributed by atoms with van der Waals surface area (Å²) in [4.78, 5) is 36.8. The summed E-state index contributed by atoms with van der Waals surface area (Å²) in [6, 6.07) is 6.44. The Hall–Kier alpha value is -2.78. The number of nitrogens with zero attached hydrogens (tertiary/aromatic N) is 4. The molecular weight excluding hydrogens is 450 g/mol. The number of nitrogens with one attached hydrogen (secondary N) is 1. The number of benzene rings is 1. The number of amides is 1. The maximum Gasteiger partial charge on any atom is 0.321 e. The number of esters is 1. The summed E-state index contributed by atoms with van der Waals surface area (Å²) in [6.45, 7) is 1.02. The number of hydrogen-bond donors (Lipinski definition) is 1. The van der Waals surface area contributed by atoms with Gasteiger partial charge in [0.05, 0.1) is 29.7 Å². The van der Waals surface area contributed by atoms with Gasteiger partial charge >= 0.3 is 5.97 Å². The van der Waals surface area contributed by atoms with Crippen LogP contribution in [0, 0.1) is 5.41 Å². The second-order valence-corrected chi connectivity index (χ2v) is 10.3. The lowest BCUT2D eigenvalue weighted by atomic mass is 9.73. The van der Waals surface area contributed by atoms with Gasteiger partial charge in [-0.25, -0.2) is 9.97 Å². The molecule has 4 rings (SSSR count). The standard InChI is InChI=1S/C25H33N5O3S/c1-29(2)14-7-8-20(30-15-13-26-17-30)18-9-10-19-21(16-18)34-24(27-19)28-22(31)25(23(32)33-3)11-5-4-6-12-25/h9-10,13,15-17,20H,4-8,11-12,14H2,1-3H3,(H,27,28,31). The maximum atomic E-state index is 13.2. The summed E-state index contributed by atoms with van der Waals surface area (Å²) in [6.07, 6.45) is 11.5. The molecule has 1 saturated carbocycles. The summed E-state index contributed by atoms with van der Waals surface area (Å²) in [7, 11) is 5.52. The Bertz CT molecular complexity index is 1120. The molecule has 0 aliphatic heterocycles. The molecule has 1 fully saturated rings. The molecule has 0 radical (unpaired) electrons. The highest BCUT2D eigenvalue weighted by Crippen LogP contribution is 2.39. The normalized spacial score (nSPS) is 16.5. The first-order valence-electron chi connectivity index (χ1n) is 11.9. The molecule has 1 N–H and O–H groups in total. The molecule has 8 nitrogen and oxygen atoms in total. The van der Waals surface area contributed by atoms with Crippen molar-refractivity contribution < 1.29 is 14.3 Å². The van der Waals surface area contributed by atoms with Gasteiger partial charge in [0.2, 0.25) is 5.91 Å². The first-order valence-corrected chi connectivity index (χ1v) is 12.7. The van der Waals surface area contributed by atoms with Crippen molar-refractivity contribution in [3.8, 4) is 0 Å². The van der Waals surface area contributed by atoms with E-state index in [1.165, 1.54) is 24.0 Å². The quantitative estimate of drug-likeness (QED) is 0.356. The Morgan fingerprint density at radius 1 is 1.26 bits per heavy atom. The average Bonchev–Trinajstić information content (AvgIpc) is 3.51. The van der Waals surface area contributed by atoms with E-state index in [9.17, 15) is 9.59 Å². The predicted octanol–water partition coefficient (Wildman–Crippen LogP) is 4.49. The minimum atomic E-state index is -1.12. The zero-order valence-corrected chi connectivity index (χ0v) is 20.9. The lowest BCUT2D eigenvalue weighted by molar-refractivity contribution is -0.159. The summed E-state index contributed by atoms with van der Waals surface area (Å²) in [5, 5.41) is 3.44. The molecule has 1 aliphatic rings. The maximum absolute atomic E-state index is 13.2. The molecule has 2 heterocycles. The Morgan fingerprint density at radius 3 is 2.74 bits per heavy atom. The summed E-state index contributed by atoms with van der Waals surface area (Å²) < 4.78 is 8.15. The number of hydrogen-bond acceptors (Lipinski definition) is 7. The number of aromatic nitrogens is 3. The SMILES string of the molecule is COC(=O)C1(C(=O)Nc2nc3ccc(C(CCCN(C)C)n4ccnc4)cc3s2)CCCCC1. The van der Waals surface area contributed by atoms with E-state index in [2.05, 4.69) is 51.0 Å². The minimum Gasteiger partial charge on any atom is -0.468 e. The fraction of sp³-hybridized carbons (Fsp3) is 0.520. The third-order valence-corrected chi connectivity index (χ3v) is 7.64. The molecule has 1 aromatic carbocycles. The van der Waals surface area contributed by atoms with Crippen LogP contribution >= 0.6 is 11.3 Å². The number of ether oxygens (including phenoxy) is 1. The first kappa shape index (κ1) is 24.3. The molecule has 1 aliphatic carbocycles. The summed E-state index contributed by atoms with van der Waals surface area (Å²) in [5.74, 6) is -0.757. The van der Waals surface area contributed by atoms with Crippen molar-refractivity contribution in [2.24, 2.45) is 5.41 Å². The third kappa shape index (κ3) is 5.15. The molecule has 1 amide bonds. The van der Waals surface area contributed by atoms with Gasteiger partial charge in [0, 0.05) is 12.4 Å². The van der Waals surface area contributed by atoms with E-state index in [4.69, 9.17) is 4.74 Å². The molecule has 182 valence electrons. The van der Waals surface area contributed by atoms with Gasteiger partial charge in [0.1, 0.15) is 5.41 Å². The zero-order chi connectivity index (χ0) is 24.1. The highest BCUT2D eigenvalue weighted by Gasteiger charge is 2.47. The number of anilines is 1. The van der Waals surface area contributed by atoms with Crippen molar-refractivity contribution in [3.63, 3.8) is 0 Å². The van der Waals surface area contributed by atoms with E-state index in [1.54, 1.807) is 6.20 Å². The minimum absolute atomic E-state index is 0.178. The van der Waals surface area contributed by atoms with Crippen LogP contribution in [-0.2, 0) is 14.3 Å². The van der Waals surface area contributed by atoms with Gasteiger partial charge in [0.15, 0.2) is 5.13 Å². The van der Waals surface area contributed by atoms with Crippen LogP contribution in [0.1, 0.15) is 56.6 Å². The van der Waals surface area contributed by atoms with Crippen LogP contribution in [0.2, 0.25) is 0 Å². The average molecular weight is 484 g/mol. The highest BCUT2D eigenvalue weighted by molar-refractivity contribution is 7.22. The smallest absolute Gasteiger partial charge is 0.321 e. The lowest BCUT2D eigenvalue weighted by Crippen LogP contribution is -2.45. The third-order valence-electron chi connectivity index (χ3n) is 6.70. The van der Waals surface area contributed by atoms with Crippen molar-refractivity contribution in [2.45, 2.75) is 51.0 Å². The second-order valence-electron chi connectivity index (χ2n) is 9.31. The summed E-state index contributed by atoms with van der Waals surface area (Å²) in [5.41, 5.74) is 0.899. The van der Waals surface area contributed by atoms with E-state index >= 15 is 0 Å². The molecule has 1 unspecified atom stereocenters. The summed E-state index contributed by atoms with van der Waals surface area (Å²) >= 11 is 1.44. The molecule has 9 heteroatoms. The van der Waals surface area contributed by atoms with E-state index in [1.807, 2.05) is 18.6 Å². The number of methoxy groups -OCH3 is 1. The number of thiazole rings is 1. The van der Waals surface area contributed by atoms with Crippen LogP contribution in [0.3, 0.4) is 0 Å². The Labute approximate surface area is 204 Å². The Kier molecular flexibility index (Phi) is 7.63. The van der Waals surface area contributed by atoms with Gasteiger partial charge in [-0.3, -0.25) is 9.59 Å². The van der Waals surface area contributed by atoms with Gasteiger partial charge in [-0.15, -0.1) is 0 Å². The fourth-order valence-corrected chi connectivity index (χ4v) is 5.75. The van der Waals surface area contributed by atoms with Crippen molar-refractivity contribution in [3.05, 3.63) is 42.5 Å². The molecule has 0 bridgehead atoms. The van der Waals surface area contributed by atoms with E-state index < -0.39 is 11.4 Å². The van der Waals surface area contributed by atoms with Gasteiger partial charge in [-0.2, -0.15) is 0 Å². The van der Waals surface area contributed by atoms with Crippen LogP contribution in [0.4, 0.5) is 5.13 Å². The van der Waals surface area contributed by atoms with Crippen LogP contribution in [0.5, 0.6) is 0 Å². The first-order chi connectivity index (χ1) is 16.4. The number of carbonyl (C=O) groups excluding carboxylic acids is 2. The van der Waals surface area contributed by atoms with E-state index in [0.29, 0.717) is 18.0 Å². The van der Waals surface area contributed by atoms with Crippen molar-refractivity contribution in [2.75, 3.05) is 33.1 Å². The Morgan fingerprint density at radius 2 is 2.06 bits per heavy atom. The van der Waals surface area contributed by atoms with Crippen molar-refractivity contribution in [1.29, 1.82) is 0 Å². The molecule has 2 aromatic heterocycles. The lowest BCUT2D eigenvalue weighted by Gasteiger charge is -2.32. The Balaban J connectivity index is 1.56. The number of carbonyl (C=O) groups is 2. The van der Waals surface area contributed by atoms with E-state index in [0.717, 1.165) is 48.9 Å². The van der Waals surface area contributed by atoms with Gasteiger partial charge in [0.25, 0.3) is 0 Å². The van der Waals surface area contributed by atoms with Gasteiger partial charge in [-0.1, -0.05) is 36.7 Å². The monoisotopic (exact) mass is 483 g/mol. The molecular formula is C25H33N5O3S. The van der Waals surface area contributed by atoms with Gasteiger partial charge < -0.3 is 19.5 Å². The number of rotatable bonds is 9. The van der Waals surface area contributed by atoms with Gasteiger partial charge in [-0.05, 0) is 64.0 Å². The molecule has 3 aromatic rings. The van der Waals surface area contributed by atoms with Crippen LogP contribution in [0.15, 0.2) is 36.9 Å². The predicted molar refractivity (Wildman–Crippen MR) is 134 cm³/mol. The highest BCUT2D eigenvalue weighted by atomic mass is 32.1. The zero-order valence-electron chi connectivity index (χ0n) is 20.1. The second kappa shape index (κ2) is 10.7. The van der Waals surface area contributed by atoms with Crippen LogP contribution in [0.25, 0.3) is 10.2 Å². The van der Waals surface area contributed by atoms with Crippen molar-refractivity contribution in [1.82, 2.24) is 19.4 Å². The molecule has 0 spiro atoms. The molecule has 34 heavy (non-hydrogen) atoms. The fourth-order valence-electron chi connectivity index (χ4n) is 4.84. The van der Waals surface area contributed by atoms with Crippen molar-refractivity contribution >= 4 is 38.6 Å². The topological polar surface area (TPSA) is 89.4 Å².